The molecule has 7 heteroatoms. The first-order chi connectivity index (χ1) is 13.9. The number of carbonyl (C=O) groups is 2. The highest BCUT2D eigenvalue weighted by atomic mass is 16.3. The molecule has 0 radical (unpaired) electrons. The molecule has 0 bridgehead atoms. The molecule has 1 spiro atoms. The zero-order chi connectivity index (χ0) is 20.4. The van der Waals surface area contributed by atoms with Gasteiger partial charge in [-0.2, -0.15) is 0 Å². The van der Waals surface area contributed by atoms with Crippen LogP contribution in [0.3, 0.4) is 0 Å². The summed E-state index contributed by atoms with van der Waals surface area (Å²) in [4.78, 5) is 30.4. The standard InChI is InChI=1S/C22H32N4O3/c1-17(27)23-9-7-21(29)25-15-22(16-25)14-24(10-8-18-5-3-2-4-6-18)12-19-11-20(28)13-26(19)22/h2-6,19-20,28H,7-16H2,1H3,(H,23,27). The van der Waals surface area contributed by atoms with Crippen LogP contribution in [0.4, 0.5) is 0 Å². The topological polar surface area (TPSA) is 76.1 Å². The van der Waals surface area contributed by atoms with Crippen molar-refractivity contribution in [2.45, 2.75) is 43.9 Å². The smallest absolute Gasteiger partial charge is 0.224 e. The number of aliphatic hydroxyl groups excluding tert-OH is 1. The fourth-order valence-electron chi connectivity index (χ4n) is 5.24. The van der Waals surface area contributed by atoms with Gasteiger partial charge in [-0.15, -0.1) is 0 Å². The van der Waals surface area contributed by atoms with E-state index >= 15 is 0 Å². The molecule has 0 aliphatic carbocycles. The lowest BCUT2D eigenvalue weighted by Gasteiger charge is -2.61. The molecule has 3 aliphatic rings. The molecule has 1 aromatic carbocycles. The number of amides is 2. The van der Waals surface area contributed by atoms with Crippen molar-refractivity contribution in [3.8, 4) is 0 Å². The van der Waals surface area contributed by atoms with Crippen molar-refractivity contribution < 1.29 is 14.7 Å². The van der Waals surface area contributed by atoms with Crippen LogP contribution in [0.2, 0.25) is 0 Å². The van der Waals surface area contributed by atoms with Gasteiger partial charge in [-0.1, -0.05) is 30.3 Å². The van der Waals surface area contributed by atoms with E-state index in [1.165, 1.54) is 12.5 Å². The van der Waals surface area contributed by atoms with Gasteiger partial charge in [0.25, 0.3) is 0 Å². The van der Waals surface area contributed by atoms with Gasteiger partial charge in [-0.05, 0) is 18.4 Å². The molecule has 0 saturated carbocycles. The van der Waals surface area contributed by atoms with Crippen molar-refractivity contribution in [2.24, 2.45) is 0 Å². The minimum absolute atomic E-state index is 0.0409. The normalized spacial score (nSPS) is 26.2. The molecule has 0 aromatic heterocycles. The molecule has 7 nitrogen and oxygen atoms in total. The zero-order valence-electron chi connectivity index (χ0n) is 17.2. The van der Waals surface area contributed by atoms with E-state index in [4.69, 9.17) is 0 Å². The van der Waals surface area contributed by atoms with Crippen LogP contribution in [0.1, 0.15) is 25.3 Å². The average Bonchev–Trinajstić information content (AvgIpc) is 3.04. The van der Waals surface area contributed by atoms with Gasteiger partial charge >= 0.3 is 0 Å². The third-order valence-corrected chi connectivity index (χ3v) is 6.58. The Kier molecular flexibility index (Phi) is 5.90. The second-order valence-electron chi connectivity index (χ2n) is 8.87. The maximum absolute atomic E-state index is 12.5. The number of benzene rings is 1. The van der Waals surface area contributed by atoms with Crippen molar-refractivity contribution in [1.29, 1.82) is 0 Å². The molecule has 3 fully saturated rings. The van der Waals surface area contributed by atoms with Crippen LogP contribution >= 0.6 is 0 Å². The lowest BCUT2D eigenvalue weighted by Crippen LogP contribution is -2.78. The van der Waals surface area contributed by atoms with E-state index in [-0.39, 0.29) is 23.5 Å². The average molecular weight is 401 g/mol. The van der Waals surface area contributed by atoms with E-state index in [0.29, 0.717) is 25.6 Å². The lowest BCUT2D eigenvalue weighted by atomic mass is 9.83. The summed E-state index contributed by atoms with van der Waals surface area (Å²) >= 11 is 0. The largest absolute Gasteiger partial charge is 0.392 e. The maximum atomic E-state index is 12.5. The first-order valence-electron chi connectivity index (χ1n) is 10.7. The second kappa shape index (κ2) is 8.42. The highest BCUT2D eigenvalue weighted by molar-refractivity contribution is 5.79. The lowest BCUT2D eigenvalue weighted by molar-refractivity contribution is -0.156. The van der Waals surface area contributed by atoms with Crippen molar-refractivity contribution in [2.75, 3.05) is 45.8 Å². The molecule has 29 heavy (non-hydrogen) atoms. The Morgan fingerprint density at radius 2 is 1.93 bits per heavy atom. The van der Waals surface area contributed by atoms with Gasteiger partial charge in [0.15, 0.2) is 0 Å². The summed E-state index contributed by atoms with van der Waals surface area (Å²) in [7, 11) is 0. The summed E-state index contributed by atoms with van der Waals surface area (Å²) in [6.45, 7) is 6.95. The van der Waals surface area contributed by atoms with Gasteiger partial charge < -0.3 is 15.3 Å². The molecule has 2 N–H and O–H groups in total. The number of nitrogens with one attached hydrogen (secondary N) is 1. The Balaban J connectivity index is 1.36. The maximum Gasteiger partial charge on any atom is 0.224 e. The monoisotopic (exact) mass is 400 g/mol. The number of nitrogens with zero attached hydrogens (tertiary/aromatic N) is 3. The Hall–Kier alpha value is -1.96. The number of fused-ring (bicyclic) bond motifs is 2. The van der Waals surface area contributed by atoms with E-state index in [2.05, 4.69) is 39.4 Å². The van der Waals surface area contributed by atoms with Crippen molar-refractivity contribution in [3.63, 3.8) is 0 Å². The summed E-state index contributed by atoms with van der Waals surface area (Å²) in [5.41, 5.74) is 1.31. The first-order valence-corrected chi connectivity index (χ1v) is 10.7. The Morgan fingerprint density at radius 1 is 1.17 bits per heavy atom. The molecule has 3 heterocycles. The summed E-state index contributed by atoms with van der Waals surface area (Å²) < 4.78 is 0. The van der Waals surface area contributed by atoms with E-state index < -0.39 is 0 Å². The van der Waals surface area contributed by atoms with E-state index in [0.717, 1.165) is 45.6 Å². The van der Waals surface area contributed by atoms with E-state index in [9.17, 15) is 14.7 Å². The molecule has 3 saturated heterocycles. The summed E-state index contributed by atoms with van der Waals surface area (Å²) in [6.07, 6.45) is 1.92. The van der Waals surface area contributed by atoms with E-state index in [1.54, 1.807) is 0 Å². The first kappa shape index (κ1) is 20.3. The van der Waals surface area contributed by atoms with Crippen LogP contribution in [-0.4, -0.2) is 95.1 Å². The minimum Gasteiger partial charge on any atom is -0.392 e. The molecule has 1 aromatic rings. The number of likely N-dealkylation sites (tertiary alicyclic amines) is 1. The molecule has 2 atom stereocenters. The quantitative estimate of drug-likeness (QED) is 0.708. The number of β-amino-alcohol motifs (C(OH)–C–C–N with tert-alkyl or cyclic N) is 1. The number of carbonyl (C=O) groups excluding carboxylic acids is 2. The summed E-state index contributed by atoms with van der Waals surface area (Å²) in [6, 6.07) is 10.9. The fraction of sp³-hybridized carbons (Fsp3) is 0.636. The van der Waals surface area contributed by atoms with Crippen molar-refractivity contribution >= 4 is 11.8 Å². The van der Waals surface area contributed by atoms with Gasteiger partial charge in [0.2, 0.25) is 11.8 Å². The van der Waals surface area contributed by atoms with Crippen molar-refractivity contribution in [1.82, 2.24) is 20.0 Å². The van der Waals surface area contributed by atoms with E-state index in [1.807, 2.05) is 11.0 Å². The molecule has 158 valence electrons. The Labute approximate surface area is 172 Å². The summed E-state index contributed by atoms with van der Waals surface area (Å²) in [5.74, 6) is -0.00445. The molecule has 4 rings (SSSR count). The van der Waals surface area contributed by atoms with Gasteiger partial charge in [0, 0.05) is 65.2 Å². The van der Waals surface area contributed by atoms with Crippen LogP contribution in [0.25, 0.3) is 0 Å². The van der Waals surface area contributed by atoms with Crippen LogP contribution in [0, 0.1) is 0 Å². The van der Waals surface area contributed by atoms with Gasteiger partial charge in [-0.3, -0.25) is 19.4 Å². The second-order valence-corrected chi connectivity index (χ2v) is 8.87. The highest BCUT2D eigenvalue weighted by Crippen LogP contribution is 2.39. The third-order valence-electron chi connectivity index (χ3n) is 6.58. The van der Waals surface area contributed by atoms with Crippen molar-refractivity contribution in [3.05, 3.63) is 35.9 Å². The van der Waals surface area contributed by atoms with Gasteiger partial charge in [0.05, 0.1) is 11.6 Å². The highest BCUT2D eigenvalue weighted by Gasteiger charge is 2.56. The predicted molar refractivity (Wildman–Crippen MR) is 110 cm³/mol. The number of aliphatic hydroxyl groups is 1. The molecule has 2 amide bonds. The minimum atomic E-state index is -0.268. The van der Waals surface area contributed by atoms with Gasteiger partial charge in [0.1, 0.15) is 0 Å². The Morgan fingerprint density at radius 3 is 2.66 bits per heavy atom. The van der Waals surface area contributed by atoms with Crippen LogP contribution in [0.15, 0.2) is 30.3 Å². The number of hydrogen-bond acceptors (Lipinski definition) is 5. The SMILES string of the molecule is CC(=O)NCCC(=O)N1CC2(CN(CCc3ccccc3)CC3CC(O)CN32)C1. The molecule has 3 aliphatic heterocycles. The Bertz CT molecular complexity index is 735. The number of rotatable bonds is 6. The third kappa shape index (κ3) is 4.47. The molecular formula is C22H32N4O3. The predicted octanol–water partition coefficient (Wildman–Crippen LogP) is 0.0871. The molecular weight excluding hydrogens is 368 g/mol. The number of piperazine rings is 1. The number of hydrogen-bond donors (Lipinski definition) is 2. The zero-order valence-corrected chi connectivity index (χ0v) is 17.2. The molecule has 2 unspecified atom stereocenters. The van der Waals surface area contributed by atoms with Gasteiger partial charge in [-0.25, -0.2) is 0 Å². The van der Waals surface area contributed by atoms with Crippen LogP contribution < -0.4 is 5.32 Å². The fourth-order valence-corrected chi connectivity index (χ4v) is 5.24. The summed E-state index contributed by atoms with van der Waals surface area (Å²) in [5, 5.41) is 13.0. The van der Waals surface area contributed by atoms with Crippen LogP contribution in [0.5, 0.6) is 0 Å². The van der Waals surface area contributed by atoms with Crippen LogP contribution in [-0.2, 0) is 16.0 Å².